The van der Waals surface area contributed by atoms with Crippen molar-refractivity contribution in [1.82, 2.24) is 34.6 Å². The maximum absolute atomic E-state index is 15.2. The summed E-state index contributed by atoms with van der Waals surface area (Å²) in [7, 11) is -3.80. The van der Waals surface area contributed by atoms with Gasteiger partial charge in [-0.1, -0.05) is 74.5 Å². The van der Waals surface area contributed by atoms with E-state index in [0.29, 0.717) is 38.1 Å². The van der Waals surface area contributed by atoms with Gasteiger partial charge in [0.1, 0.15) is 12.1 Å². The monoisotopic (exact) mass is 718 g/mol. The zero-order chi connectivity index (χ0) is 36.5. The third kappa shape index (κ3) is 12.3. The van der Waals surface area contributed by atoms with Gasteiger partial charge in [0.2, 0.25) is 7.44 Å². The highest BCUT2D eigenvalue weighted by molar-refractivity contribution is 7.60. The van der Waals surface area contributed by atoms with Crippen molar-refractivity contribution in [2.75, 3.05) is 39.0 Å². The van der Waals surface area contributed by atoms with E-state index < -0.39 is 31.5 Å². The molecule has 0 aliphatic rings. The number of benzene rings is 2. The van der Waals surface area contributed by atoms with Crippen molar-refractivity contribution in [3.63, 3.8) is 0 Å². The van der Waals surface area contributed by atoms with Crippen molar-refractivity contribution < 1.29 is 23.6 Å². The molecule has 0 amide bonds. The summed E-state index contributed by atoms with van der Waals surface area (Å²) in [6.07, 6.45) is 4.72. The number of H-pyrrole nitrogens is 1. The molecule has 0 fully saturated rings. The van der Waals surface area contributed by atoms with Gasteiger partial charge >= 0.3 is 11.9 Å². The molecule has 14 nitrogen and oxygen atoms in total. The molecule has 2 heterocycles. The van der Waals surface area contributed by atoms with Gasteiger partial charge in [0.05, 0.1) is 31.9 Å². The molecule has 4 rings (SSSR count). The zero-order valence-corrected chi connectivity index (χ0v) is 30.1. The lowest BCUT2D eigenvalue weighted by Gasteiger charge is -2.31. The van der Waals surface area contributed by atoms with E-state index in [9.17, 15) is 19.6 Å². The van der Waals surface area contributed by atoms with E-state index in [2.05, 4.69) is 31.2 Å². The number of carbonyl (C=O) groups excluding carboxylic acids is 2. The number of aromatic nitrogens is 4. The van der Waals surface area contributed by atoms with E-state index in [0.717, 1.165) is 11.1 Å². The van der Waals surface area contributed by atoms with Crippen LogP contribution in [-0.2, 0) is 43.0 Å². The Morgan fingerprint density at radius 3 is 2.00 bits per heavy atom. The summed E-state index contributed by atoms with van der Waals surface area (Å²) >= 11 is 0. The van der Waals surface area contributed by atoms with Crippen LogP contribution in [0, 0.1) is 11.3 Å². The quantitative estimate of drug-likeness (QED) is 0.0790. The Morgan fingerprint density at radius 2 is 1.47 bits per heavy atom. The van der Waals surface area contributed by atoms with Gasteiger partial charge < -0.3 is 19.0 Å². The molecule has 15 heteroatoms. The summed E-state index contributed by atoms with van der Waals surface area (Å²) < 4.78 is 28.0. The molecule has 51 heavy (non-hydrogen) atoms. The van der Waals surface area contributed by atoms with E-state index in [1.807, 2.05) is 79.4 Å². The first-order valence-electron chi connectivity index (χ1n) is 17.3. The van der Waals surface area contributed by atoms with Crippen LogP contribution < -0.4 is 15.7 Å². The SMILES string of the molecule is CCCOC(=O)[C@H](Cc1ccccc1)NP(=O)(CCN(CCC#N)CCn1cnc2c(=O)[nH]cnc21)N[C@@H](Cc1ccccc1)C(=O)OCCC. The Hall–Kier alpha value is -4.67. The maximum Gasteiger partial charge on any atom is 0.323 e. The molecule has 272 valence electrons. The molecule has 2 atom stereocenters. The fraction of sp³-hybridized carbons (Fsp3) is 0.444. The van der Waals surface area contributed by atoms with Crippen molar-refractivity contribution in [2.24, 2.45) is 0 Å². The smallest absolute Gasteiger partial charge is 0.323 e. The second-order valence-corrected chi connectivity index (χ2v) is 14.6. The molecule has 4 aromatic rings. The number of nitrogens with one attached hydrogen (secondary N) is 3. The topological polar surface area (TPSA) is 184 Å². The average molecular weight is 719 g/mol. The summed E-state index contributed by atoms with van der Waals surface area (Å²) in [6, 6.07) is 18.9. The molecule has 3 N–H and O–H groups in total. The van der Waals surface area contributed by atoms with Gasteiger partial charge in [0, 0.05) is 38.8 Å². The largest absolute Gasteiger partial charge is 0.465 e. The Balaban J connectivity index is 1.63. The van der Waals surface area contributed by atoms with E-state index in [1.165, 1.54) is 12.7 Å². The number of ether oxygens (including phenoxy) is 2. The van der Waals surface area contributed by atoms with Gasteiger partial charge in [-0.05, 0) is 36.8 Å². The predicted molar refractivity (Wildman–Crippen MR) is 194 cm³/mol. The Labute approximate surface area is 298 Å². The minimum absolute atomic E-state index is 0.000280. The van der Waals surface area contributed by atoms with Gasteiger partial charge in [-0.3, -0.25) is 23.8 Å². The number of carbonyl (C=O) groups is 2. The van der Waals surface area contributed by atoms with Crippen molar-refractivity contribution in [3.05, 3.63) is 94.8 Å². The molecule has 0 bridgehead atoms. The number of hydrogen-bond donors (Lipinski definition) is 3. The van der Waals surface area contributed by atoms with E-state index in [1.54, 1.807) is 4.57 Å². The minimum atomic E-state index is -3.80. The third-order valence-corrected chi connectivity index (χ3v) is 10.4. The average Bonchev–Trinajstić information content (AvgIpc) is 3.57. The number of nitrogens with zero attached hydrogens (tertiary/aromatic N) is 5. The second kappa shape index (κ2) is 20.2. The maximum atomic E-state index is 15.2. The molecular formula is C36H47N8O6P. The summed E-state index contributed by atoms with van der Waals surface area (Å²) in [5.74, 6) is -1.10. The summed E-state index contributed by atoms with van der Waals surface area (Å²) in [5.41, 5.74) is 1.99. The highest BCUT2D eigenvalue weighted by atomic mass is 31.2. The molecule has 0 aliphatic heterocycles. The summed E-state index contributed by atoms with van der Waals surface area (Å²) in [4.78, 5) is 52.1. The van der Waals surface area contributed by atoms with Crippen LogP contribution in [0.2, 0.25) is 0 Å². The number of esters is 2. The molecule has 0 unspecified atom stereocenters. The van der Waals surface area contributed by atoms with Crippen LogP contribution in [-0.4, -0.2) is 87.5 Å². The lowest BCUT2D eigenvalue weighted by molar-refractivity contribution is -0.146. The van der Waals surface area contributed by atoms with Crippen LogP contribution >= 0.6 is 7.44 Å². The molecule has 0 radical (unpaired) electrons. The van der Waals surface area contributed by atoms with Crippen LogP contribution in [0.25, 0.3) is 11.2 Å². The normalized spacial score (nSPS) is 12.7. The first-order valence-corrected chi connectivity index (χ1v) is 19.2. The van der Waals surface area contributed by atoms with Crippen LogP contribution in [0.15, 0.2) is 78.1 Å². The van der Waals surface area contributed by atoms with Gasteiger partial charge in [-0.25, -0.2) is 20.1 Å². The molecule has 0 saturated carbocycles. The first kappa shape index (κ1) is 39.1. The summed E-state index contributed by atoms with van der Waals surface area (Å²) in [6.45, 7) is 5.62. The minimum Gasteiger partial charge on any atom is -0.465 e. The van der Waals surface area contributed by atoms with Crippen molar-refractivity contribution in [2.45, 2.75) is 64.6 Å². The third-order valence-electron chi connectivity index (χ3n) is 8.10. The number of aromatic amines is 1. The fourth-order valence-electron chi connectivity index (χ4n) is 5.47. The Kier molecular flexibility index (Phi) is 15.5. The molecule has 0 aliphatic carbocycles. The highest BCUT2D eigenvalue weighted by Crippen LogP contribution is 2.38. The number of nitriles is 1. The van der Waals surface area contributed by atoms with Crippen molar-refractivity contribution >= 4 is 30.5 Å². The molecule has 0 spiro atoms. The standard InChI is InChI=1S/C36H47N8O6P/c1-3-21-49-35(46)30(24-28-12-7-5-8-13-28)41-51(48,42-31(36(47)50-22-4-2)25-29-14-9-6-10-15-29)23-20-43(17-11-16-37)18-19-44-27-40-32-33(44)38-26-39-34(32)45/h5-10,12-15,26-27,30-31H,3-4,11,17-25H2,1-2H3,(H,38,39,45)(H2,41,42,48)/t30-,31-/m0/s1. The number of fused-ring (bicyclic) bond motifs is 1. The number of rotatable bonds is 22. The Bertz CT molecular complexity index is 1760. The predicted octanol–water partition coefficient (Wildman–Crippen LogP) is 3.84. The molecular weight excluding hydrogens is 671 g/mol. The lowest BCUT2D eigenvalue weighted by atomic mass is 10.1. The van der Waals surface area contributed by atoms with Gasteiger partial charge in [-0.2, -0.15) is 5.26 Å². The summed E-state index contributed by atoms with van der Waals surface area (Å²) in [5, 5.41) is 15.7. The highest BCUT2D eigenvalue weighted by Gasteiger charge is 2.35. The van der Waals surface area contributed by atoms with Gasteiger partial charge in [0.25, 0.3) is 5.56 Å². The van der Waals surface area contributed by atoms with Crippen LogP contribution in [0.3, 0.4) is 0 Å². The van der Waals surface area contributed by atoms with Crippen molar-refractivity contribution in [1.29, 1.82) is 5.26 Å². The van der Waals surface area contributed by atoms with Crippen LogP contribution in [0.5, 0.6) is 0 Å². The van der Waals surface area contributed by atoms with Crippen LogP contribution in [0.1, 0.15) is 44.2 Å². The van der Waals surface area contributed by atoms with E-state index in [-0.39, 0.29) is 56.3 Å². The van der Waals surface area contributed by atoms with Gasteiger partial charge in [-0.15, -0.1) is 0 Å². The fourth-order valence-corrected chi connectivity index (χ4v) is 7.77. The molecule has 2 aromatic heterocycles. The van der Waals surface area contributed by atoms with E-state index >= 15 is 4.57 Å². The van der Waals surface area contributed by atoms with Crippen molar-refractivity contribution in [3.8, 4) is 6.07 Å². The first-order chi connectivity index (χ1) is 24.7. The number of imidazole rings is 1. The van der Waals surface area contributed by atoms with Crippen LogP contribution in [0.4, 0.5) is 0 Å². The van der Waals surface area contributed by atoms with Gasteiger partial charge in [0.15, 0.2) is 11.2 Å². The lowest BCUT2D eigenvalue weighted by Crippen LogP contribution is -2.47. The number of hydrogen-bond acceptors (Lipinski definition) is 10. The Morgan fingerprint density at radius 1 is 0.902 bits per heavy atom. The second-order valence-electron chi connectivity index (χ2n) is 12.1. The molecule has 2 aromatic carbocycles. The zero-order valence-electron chi connectivity index (χ0n) is 29.2. The van der Waals surface area contributed by atoms with E-state index in [4.69, 9.17) is 9.47 Å². The molecule has 0 saturated heterocycles.